The summed E-state index contributed by atoms with van der Waals surface area (Å²) in [6.07, 6.45) is -1.26. The van der Waals surface area contributed by atoms with Gasteiger partial charge in [-0.3, -0.25) is 14.3 Å². The molecule has 35 heavy (non-hydrogen) atoms. The van der Waals surface area contributed by atoms with Crippen molar-refractivity contribution in [2.24, 2.45) is 0 Å². The number of nitrogens with zero attached hydrogens (tertiary/aromatic N) is 1. The summed E-state index contributed by atoms with van der Waals surface area (Å²) in [5.74, 6) is 0. The predicted octanol–water partition coefficient (Wildman–Crippen LogP) is 2.77. The number of ether oxygens (including phenoxy) is 2. The van der Waals surface area contributed by atoms with E-state index in [1.54, 1.807) is 0 Å². The molecule has 0 unspecified atom stereocenters. The zero-order valence-electron chi connectivity index (χ0n) is 22.1. The highest BCUT2D eigenvalue weighted by atomic mass is 28.5. The average Bonchev–Trinajstić information content (AvgIpc) is 3.07. The fourth-order valence-electron chi connectivity index (χ4n) is 5.34. The monoisotopic (exact) mass is 530 g/mol. The van der Waals surface area contributed by atoms with Gasteiger partial charge < -0.3 is 27.5 Å². The van der Waals surface area contributed by atoms with Gasteiger partial charge >= 0.3 is 22.8 Å². The summed E-state index contributed by atoms with van der Waals surface area (Å²) in [5.41, 5.74) is -0.493. The highest BCUT2D eigenvalue weighted by molar-refractivity contribution is 6.83. The third kappa shape index (κ3) is 5.30. The molecule has 0 radical (unpaired) electrons. The van der Waals surface area contributed by atoms with Crippen molar-refractivity contribution in [2.75, 3.05) is 19.8 Å². The van der Waals surface area contributed by atoms with Crippen molar-refractivity contribution in [2.45, 2.75) is 102 Å². The molecule has 3 heterocycles. The van der Waals surface area contributed by atoms with Gasteiger partial charge in [-0.15, -0.1) is 0 Å². The van der Waals surface area contributed by atoms with Crippen LogP contribution in [0.3, 0.4) is 0 Å². The van der Waals surface area contributed by atoms with Gasteiger partial charge in [0.15, 0.2) is 6.23 Å². The van der Waals surface area contributed by atoms with Crippen LogP contribution < -0.4 is 11.2 Å². The van der Waals surface area contributed by atoms with Crippen LogP contribution in [0.25, 0.3) is 0 Å². The Kier molecular flexibility index (Phi) is 9.01. The maximum Gasteiger partial charge on any atom is 0.335 e. The molecule has 2 saturated heterocycles. The average molecular weight is 531 g/mol. The van der Waals surface area contributed by atoms with Crippen LogP contribution in [0.5, 0.6) is 0 Å². The fraction of sp³-hybridized carbons (Fsp3) is 0.826. The van der Waals surface area contributed by atoms with Gasteiger partial charge in [0.25, 0.3) is 5.56 Å². The van der Waals surface area contributed by atoms with Crippen molar-refractivity contribution < 1.29 is 27.5 Å². The van der Waals surface area contributed by atoms with E-state index in [0.717, 1.165) is 0 Å². The highest BCUT2D eigenvalue weighted by Crippen LogP contribution is 2.48. The maximum absolute atomic E-state index is 12.7. The SMILES string of the molecule is CC(C)[Si]1(C(C)C)OC[C@H]2O[C@@H](n3ccc(=O)[nH]c3=O)[C@H](OCCO)[C@@H]2O[Si](C(C)C)(C(C)C)O1. The number of hydrogen-bond donors (Lipinski definition) is 2. The van der Waals surface area contributed by atoms with Crippen LogP contribution in [0.1, 0.15) is 61.6 Å². The Morgan fingerprint density at radius 1 is 1.06 bits per heavy atom. The minimum absolute atomic E-state index is 0.0471. The lowest BCUT2D eigenvalue weighted by Crippen LogP contribution is -2.66. The Labute approximate surface area is 209 Å². The van der Waals surface area contributed by atoms with Crippen molar-refractivity contribution in [3.8, 4) is 0 Å². The summed E-state index contributed by atoms with van der Waals surface area (Å²) < 4.78 is 34.8. The van der Waals surface area contributed by atoms with Crippen LogP contribution in [-0.4, -0.2) is 69.9 Å². The van der Waals surface area contributed by atoms with Crippen molar-refractivity contribution in [1.82, 2.24) is 9.55 Å². The van der Waals surface area contributed by atoms with Gasteiger partial charge in [0.2, 0.25) is 0 Å². The number of aliphatic hydroxyl groups is 1. The minimum atomic E-state index is -2.93. The fourth-order valence-corrected chi connectivity index (χ4v) is 16.5. The van der Waals surface area contributed by atoms with Crippen LogP contribution in [-0.2, 0) is 22.4 Å². The maximum atomic E-state index is 12.7. The minimum Gasteiger partial charge on any atom is -0.414 e. The van der Waals surface area contributed by atoms with Gasteiger partial charge in [0.1, 0.15) is 18.3 Å². The van der Waals surface area contributed by atoms with Crippen LogP contribution in [0.2, 0.25) is 22.2 Å². The third-order valence-corrected chi connectivity index (χ3v) is 17.4. The molecule has 2 N–H and O–H groups in total. The Balaban J connectivity index is 2.13. The number of aliphatic hydroxyl groups excluding tert-OH is 1. The lowest BCUT2D eigenvalue weighted by Gasteiger charge is -2.51. The van der Waals surface area contributed by atoms with E-state index >= 15 is 0 Å². The molecular weight excluding hydrogens is 488 g/mol. The van der Waals surface area contributed by atoms with Crippen LogP contribution >= 0.6 is 0 Å². The molecule has 1 aromatic rings. The van der Waals surface area contributed by atoms with Gasteiger partial charge in [0, 0.05) is 12.3 Å². The summed E-state index contributed by atoms with van der Waals surface area (Å²) in [6.45, 7) is 17.2. The van der Waals surface area contributed by atoms with E-state index in [4.69, 9.17) is 22.4 Å². The Bertz CT molecular complexity index is 947. The first-order valence-corrected chi connectivity index (χ1v) is 16.5. The quantitative estimate of drug-likeness (QED) is 0.492. The second kappa shape index (κ2) is 11.1. The zero-order valence-corrected chi connectivity index (χ0v) is 24.1. The summed E-state index contributed by atoms with van der Waals surface area (Å²) in [6, 6.07) is 1.27. The third-order valence-electron chi connectivity index (χ3n) is 7.14. The van der Waals surface area contributed by atoms with Gasteiger partial charge in [-0.1, -0.05) is 55.4 Å². The molecule has 0 spiro atoms. The van der Waals surface area contributed by atoms with Crippen molar-refractivity contribution in [1.29, 1.82) is 0 Å². The van der Waals surface area contributed by atoms with Gasteiger partial charge in [-0.2, -0.15) is 0 Å². The summed E-state index contributed by atoms with van der Waals surface area (Å²) in [4.78, 5) is 26.6. The van der Waals surface area contributed by atoms with Gasteiger partial charge in [-0.25, -0.2) is 4.79 Å². The molecule has 10 nitrogen and oxygen atoms in total. The molecule has 0 amide bonds. The molecule has 12 heteroatoms. The van der Waals surface area contributed by atoms with E-state index < -0.39 is 52.9 Å². The van der Waals surface area contributed by atoms with E-state index in [0.29, 0.717) is 0 Å². The molecule has 0 aromatic carbocycles. The lowest BCUT2D eigenvalue weighted by molar-refractivity contribution is -0.0783. The van der Waals surface area contributed by atoms with E-state index in [1.165, 1.54) is 16.8 Å². The van der Waals surface area contributed by atoms with Gasteiger partial charge in [-0.05, 0) is 22.2 Å². The smallest absolute Gasteiger partial charge is 0.335 e. The van der Waals surface area contributed by atoms with E-state index in [2.05, 4.69) is 60.4 Å². The number of fused-ring (bicyclic) bond motifs is 1. The number of aromatic amines is 1. The molecule has 0 aliphatic carbocycles. The van der Waals surface area contributed by atoms with Crippen LogP contribution in [0, 0.1) is 0 Å². The summed E-state index contributed by atoms with van der Waals surface area (Å²) in [5, 5.41) is 9.48. The molecule has 0 bridgehead atoms. The van der Waals surface area contributed by atoms with Crippen LogP contribution in [0.15, 0.2) is 21.9 Å². The van der Waals surface area contributed by atoms with E-state index in [-0.39, 0.29) is 42.0 Å². The normalized spacial score (nSPS) is 28.5. The summed E-state index contributed by atoms with van der Waals surface area (Å²) >= 11 is 0. The highest BCUT2D eigenvalue weighted by Gasteiger charge is 2.62. The molecule has 1 aromatic heterocycles. The number of rotatable bonds is 8. The Morgan fingerprint density at radius 2 is 1.66 bits per heavy atom. The first-order chi connectivity index (χ1) is 16.4. The first-order valence-electron chi connectivity index (χ1n) is 12.6. The Hall–Kier alpha value is -1.13. The molecule has 4 atom stereocenters. The van der Waals surface area contributed by atoms with Crippen molar-refractivity contribution >= 4 is 17.1 Å². The van der Waals surface area contributed by atoms with Gasteiger partial charge in [0.05, 0.1) is 19.8 Å². The first kappa shape index (κ1) is 28.4. The van der Waals surface area contributed by atoms with Crippen LogP contribution in [0.4, 0.5) is 0 Å². The number of aromatic nitrogens is 2. The largest absolute Gasteiger partial charge is 0.414 e. The molecule has 0 saturated carbocycles. The van der Waals surface area contributed by atoms with E-state index in [1.807, 2.05) is 0 Å². The number of hydrogen-bond acceptors (Lipinski definition) is 8. The standard InChI is InChI=1S/C23H42N2O8Si2/c1-14(2)34(15(3)4)30-13-18-20(32-35(33-34,16(5)6)17(7)8)21(29-12-11-26)22(31-18)25-10-9-19(27)24-23(25)28/h9-10,14-18,20-22,26H,11-13H2,1-8H3,(H,24,27,28)/t18-,20-,21-,22-/m1/s1. The molecular formula is C23H42N2O8Si2. The number of H-pyrrole nitrogens is 1. The molecule has 2 aliphatic heterocycles. The molecule has 3 rings (SSSR count). The van der Waals surface area contributed by atoms with E-state index in [9.17, 15) is 14.7 Å². The van der Waals surface area contributed by atoms with Crippen molar-refractivity contribution in [3.63, 3.8) is 0 Å². The topological polar surface area (TPSA) is 121 Å². The van der Waals surface area contributed by atoms with Crippen molar-refractivity contribution in [3.05, 3.63) is 33.1 Å². The Morgan fingerprint density at radius 3 is 2.17 bits per heavy atom. The number of nitrogens with one attached hydrogen (secondary N) is 1. The summed E-state index contributed by atoms with van der Waals surface area (Å²) in [7, 11) is -5.68. The zero-order chi connectivity index (χ0) is 26.1. The lowest BCUT2D eigenvalue weighted by atomic mass is 10.1. The molecule has 200 valence electrons. The molecule has 2 fully saturated rings. The second-order valence-electron chi connectivity index (χ2n) is 10.7. The predicted molar refractivity (Wildman–Crippen MR) is 136 cm³/mol. The second-order valence-corrected chi connectivity index (χ2v) is 19.5. The molecule has 2 aliphatic rings.